The van der Waals surface area contributed by atoms with Gasteiger partial charge in [0.25, 0.3) is 0 Å². The van der Waals surface area contributed by atoms with Gasteiger partial charge in [0.1, 0.15) is 0 Å². The Hall–Kier alpha value is -0.770. The number of H-pyrrole nitrogens is 1. The number of carbonyl (C=O) groups is 1. The molecule has 1 N–H and O–H groups in total. The second-order valence-electron chi connectivity index (χ2n) is 1.73. The molecular weight excluding hydrogens is 222 g/mol. The van der Waals surface area contributed by atoms with E-state index in [1.165, 1.54) is 7.11 Å². The second-order valence-corrected chi connectivity index (χ2v) is 2.58. The van der Waals surface area contributed by atoms with Gasteiger partial charge >= 0.3 is 5.97 Å². The molecule has 0 fully saturated rings. The van der Waals surface area contributed by atoms with E-state index in [-0.39, 0.29) is 5.97 Å². The summed E-state index contributed by atoms with van der Waals surface area (Å²) < 4.78 is 5.24. The normalized spacial score (nSPS) is 8.33. The van der Waals surface area contributed by atoms with Crippen LogP contribution in [0.5, 0.6) is 0 Å². The summed E-state index contributed by atoms with van der Waals surface area (Å²) in [6.45, 7) is 4.00. The molecule has 0 unspecified atom stereocenters. The molecule has 3 nitrogen and oxygen atoms in total. The molecule has 12 heavy (non-hydrogen) atoms. The first-order chi connectivity index (χ1) is 5.74. The monoisotopic (exact) mass is 233 g/mol. The summed E-state index contributed by atoms with van der Waals surface area (Å²) in [7, 11) is 1.35. The van der Waals surface area contributed by atoms with Gasteiger partial charge in [-0.3, -0.25) is 0 Å². The van der Waals surface area contributed by atoms with Crippen LogP contribution in [0.15, 0.2) is 16.9 Å². The van der Waals surface area contributed by atoms with Crippen molar-refractivity contribution in [2.24, 2.45) is 0 Å². The third kappa shape index (κ3) is 3.09. The fraction of sp³-hybridized carbons (Fsp3) is 0.375. The molecule has 0 aliphatic heterocycles. The molecule has 1 aromatic heterocycles. The van der Waals surface area contributed by atoms with Crippen LogP contribution in [0.3, 0.4) is 0 Å². The fourth-order valence-electron chi connectivity index (χ4n) is 0.602. The molecule has 0 aromatic carbocycles. The maximum Gasteiger partial charge on any atom is 0.339 e. The number of methoxy groups -OCH3 is 1. The van der Waals surface area contributed by atoms with E-state index in [4.69, 9.17) is 0 Å². The summed E-state index contributed by atoms with van der Waals surface area (Å²) in [5.41, 5.74) is 0.523. The summed E-state index contributed by atoms with van der Waals surface area (Å²) in [4.78, 5) is 13.6. The standard InChI is InChI=1S/C6H6BrNO2.C2H6/c1-10-6(9)4-2-5(7)8-3-4;1-2/h2-3,8H,1H3;1-2H3. The van der Waals surface area contributed by atoms with Gasteiger partial charge in [-0.05, 0) is 22.0 Å². The Morgan fingerprint density at radius 2 is 2.17 bits per heavy atom. The number of halogens is 1. The molecule has 68 valence electrons. The number of rotatable bonds is 1. The van der Waals surface area contributed by atoms with Crippen LogP contribution in [0.2, 0.25) is 0 Å². The number of nitrogens with one attached hydrogen (secondary N) is 1. The summed E-state index contributed by atoms with van der Waals surface area (Å²) in [5, 5.41) is 0. The zero-order valence-corrected chi connectivity index (χ0v) is 8.94. The van der Waals surface area contributed by atoms with Crippen molar-refractivity contribution in [1.29, 1.82) is 0 Å². The molecule has 4 heteroatoms. The molecule has 1 aromatic rings. The Labute approximate surface area is 80.2 Å². The van der Waals surface area contributed by atoms with E-state index in [0.29, 0.717) is 5.56 Å². The van der Waals surface area contributed by atoms with Gasteiger partial charge in [-0.15, -0.1) is 0 Å². The molecular formula is C8H12BrNO2. The Morgan fingerprint density at radius 3 is 2.50 bits per heavy atom. The molecule has 0 amide bonds. The van der Waals surface area contributed by atoms with Gasteiger partial charge in [-0.25, -0.2) is 4.79 Å². The molecule has 1 heterocycles. The largest absolute Gasteiger partial charge is 0.465 e. The van der Waals surface area contributed by atoms with Crippen molar-refractivity contribution >= 4 is 21.9 Å². The summed E-state index contributed by atoms with van der Waals surface area (Å²) in [5.74, 6) is -0.332. The SMILES string of the molecule is CC.COC(=O)c1c[nH]c(Br)c1. The minimum absolute atomic E-state index is 0.332. The number of hydrogen-bond donors (Lipinski definition) is 1. The van der Waals surface area contributed by atoms with Crippen molar-refractivity contribution in [2.75, 3.05) is 7.11 Å². The quantitative estimate of drug-likeness (QED) is 0.759. The average molecular weight is 234 g/mol. The number of aromatic nitrogens is 1. The van der Waals surface area contributed by atoms with Crippen molar-refractivity contribution < 1.29 is 9.53 Å². The van der Waals surface area contributed by atoms with E-state index in [2.05, 4.69) is 25.7 Å². The van der Waals surface area contributed by atoms with E-state index < -0.39 is 0 Å². The molecule has 0 aliphatic rings. The molecule has 1 rings (SSSR count). The minimum atomic E-state index is -0.332. The highest BCUT2D eigenvalue weighted by Crippen LogP contribution is 2.09. The summed E-state index contributed by atoms with van der Waals surface area (Å²) >= 11 is 3.17. The van der Waals surface area contributed by atoms with Crippen LogP contribution in [0.4, 0.5) is 0 Å². The Kier molecular flexibility index (Phi) is 5.45. The first kappa shape index (κ1) is 11.2. The topological polar surface area (TPSA) is 42.1 Å². The van der Waals surface area contributed by atoms with Crippen molar-refractivity contribution in [3.8, 4) is 0 Å². The summed E-state index contributed by atoms with van der Waals surface area (Å²) in [6, 6.07) is 1.66. The van der Waals surface area contributed by atoms with Gasteiger partial charge in [0.2, 0.25) is 0 Å². The maximum absolute atomic E-state index is 10.8. The lowest BCUT2D eigenvalue weighted by molar-refractivity contribution is 0.0601. The molecule has 0 saturated carbocycles. The van der Waals surface area contributed by atoms with Crippen molar-refractivity contribution in [1.82, 2.24) is 4.98 Å². The smallest absolute Gasteiger partial charge is 0.339 e. The predicted octanol–water partition coefficient (Wildman–Crippen LogP) is 2.59. The van der Waals surface area contributed by atoms with Gasteiger partial charge in [0, 0.05) is 6.20 Å². The zero-order chi connectivity index (χ0) is 9.56. The molecule has 0 radical (unpaired) electrons. The van der Waals surface area contributed by atoms with Gasteiger partial charge in [-0.2, -0.15) is 0 Å². The first-order valence-electron chi connectivity index (χ1n) is 3.66. The third-order valence-corrected chi connectivity index (χ3v) is 1.53. The van der Waals surface area contributed by atoms with Crippen molar-refractivity contribution in [2.45, 2.75) is 13.8 Å². The van der Waals surface area contributed by atoms with Gasteiger partial charge in [0.15, 0.2) is 0 Å². The summed E-state index contributed by atoms with van der Waals surface area (Å²) in [6.07, 6.45) is 1.58. The van der Waals surface area contributed by atoms with Gasteiger partial charge in [-0.1, -0.05) is 13.8 Å². The van der Waals surface area contributed by atoms with Crippen LogP contribution in [-0.2, 0) is 4.74 Å². The number of hydrogen-bond acceptors (Lipinski definition) is 2. The third-order valence-electron chi connectivity index (χ3n) is 1.07. The lowest BCUT2D eigenvalue weighted by atomic mass is 10.3. The Bertz CT molecular complexity index is 245. The Morgan fingerprint density at radius 1 is 1.58 bits per heavy atom. The number of carbonyl (C=O) groups excluding carboxylic acids is 1. The lowest BCUT2D eigenvalue weighted by Crippen LogP contribution is -1.98. The minimum Gasteiger partial charge on any atom is -0.465 e. The number of aromatic amines is 1. The molecule has 0 bridgehead atoms. The van der Waals surface area contributed by atoms with Gasteiger partial charge in [0.05, 0.1) is 17.3 Å². The lowest BCUT2D eigenvalue weighted by Gasteiger charge is -1.90. The van der Waals surface area contributed by atoms with Crippen LogP contribution in [0.25, 0.3) is 0 Å². The van der Waals surface area contributed by atoms with Crippen LogP contribution in [0, 0.1) is 0 Å². The van der Waals surface area contributed by atoms with Crippen LogP contribution in [0.1, 0.15) is 24.2 Å². The van der Waals surface area contributed by atoms with E-state index in [1.807, 2.05) is 13.8 Å². The number of ether oxygens (including phenoxy) is 1. The van der Waals surface area contributed by atoms with E-state index >= 15 is 0 Å². The Balaban J connectivity index is 0.000000561. The molecule has 0 spiro atoms. The van der Waals surface area contributed by atoms with Crippen LogP contribution < -0.4 is 0 Å². The maximum atomic E-state index is 10.8. The van der Waals surface area contributed by atoms with E-state index in [9.17, 15) is 4.79 Å². The molecule has 0 atom stereocenters. The second kappa shape index (κ2) is 5.83. The van der Waals surface area contributed by atoms with E-state index in [1.54, 1.807) is 12.3 Å². The van der Waals surface area contributed by atoms with Crippen LogP contribution >= 0.6 is 15.9 Å². The highest BCUT2D eigenvalue weighted by Gasteiger charge is 2.05. The zero-order valence-electron chi connectivity index (χ0n) is 7.35. The van der Waals surface area contributed by atoms with Crippen molar-refractivity contribution in [3.05, 3.63) is 22.4 Å². The van der Waals surface area contributed by atoms with Gasteiger partial charge < -0.3 is 9.72 Å². The fourth-order valence-corrected chi connectivity index (χ4v) is 0.963. The highest BCUT2D eigenvalue weighted by atomic mass is 79.9. The highest BCUT2D eigenvalue weighted by molar-refractivity contribution is 9.10. The first-order valence-corrected chi connectivity index (χ1v) is 4.45. The molecule has 0 aliphatic carbocycles. The number of esters is 1. The van der Waals surface area contributed by atoms with E-state index in [0.717, 1.165) is 4.60 Å². The molecule has 0 saturated heterocycles. The predicted molar refractivity (Wildman–Crippen MR) is 51.2 cm³/mol. The van der Waals surface area contributed by atoms with Crippen molar-refractivity contribution in [3.63, 3.8) is 0 Å². The average Bonchev–Trinajstić information content (AvgIpc) is 2.54. The van der Waals surface area contributed by atoms with Crippen LogP contribution in [-0.4, -0.2) is 18.1 Å².